The Hall–Kier alpha value is -2.17. The van der Waals surface area contributed by atoms with E-state index in [0.717, 1.165) is 17.0 Å². The van der Waals surface area contributed by atoms with Gasteiger partial charge in [-0.05, 0) is 48.7 Å². The third kappa shape index (κ3) is 3.91. The monoisotopic (exact) mass is 356 g/mol. The first-order chi connectivity index (χ1) is 12.1. The Morgan fingerprint density at radius 1 is 1.12 bits per heavy atom. The van der Waals surface area contributed by atoms with Crippen molar-refractivity contribution in [2.24, 2.45) is 0 Å². The fraction of sp³-hybridized carbons (Fsp3) is 0.300. The number of hydrogen-bond donors (Lipinski definition) is 1. The quantitative estimate of drug-likeness (QED) is 0.807. The number of anilines is 1. The zero-order valence-corrected chi connectivity index (χ0v) is 14.9. The lowest BCUT2D eigenvalue weighted by atomic mass is 10.1. The summed E-state index contributed by atoms with van der Waals surface area (Å²) in [5, 5.41) is 3.91. The third-order valence-corrected chi connectivity index (χ3v) is 4.86. The predicted molar refractivity (Wildman–Crippen MR) is 99.9 cm³/mol. The predicted octanol–water partition coefficient (Wildman–Crippen LogP) is 3.37. The van der Waals surface area contributed by atoms with Crippen LogP contribution in [0.5, 0.6) is 0 Å². The first-order valence-electron chi connectivity index (χ1n) is 8.52. The van der Waals surface area contributed by atoms with Crippen molar-refractivity contribution < 1.29 is 9.59 Å². The second kappa shape index (κ2) is 7.81. The van der Waals surface area contributed by atoms with Crippen LogP contribution in [0.1, 0.15) is 24.5 Å². The van der Waals surface area contributed by atoms with E-state index in [9.17, 15) is 9.59 Å². The van der Waals surface area contributed by atoms with Gasteiger partial charge >= 0.3 is 0 Å². The van der Waals surface area contributed by atoms with Crippen molar-refractivity contribution in [3.63, 3.8) is 0 Å². The molecule has 130 valence electrons. The minimum atomic E-state index is -0.471. The largest absolute Gasteiger partial charge is 0.305 e. The highest BCUT2D eigenvalue weighted by molar-refractivity contribution is 6.31. The van der Waals surface area contributed by atoms with Gasteiger partial charge in [-0.2, -0.15) is 0 Å². The molecule has 0 bridgehead atoms. The van der Waals surface area contributed by atoms with Crippen LogP contribution in [0.15, 0.2) is 48.5 Å². The molecule has 0 spiro atoms. The van der Waals surface area contributed by atoms with E-state index in [1.165, 1.54) is 10.5 Å². The Morgan fingerprint density at radius 3 is 2.52 bits per heavy atom. The summed E-state index contributed by atoms with van der Waals surface area (Å²) in [6.45, 7) is 2.66. The molecule has 5 heteroatoms. The molecular formula is C20H21ClN2O2. The zero-order valence-electron chi connectivity index (χ0n) is 14.2. The van der Waals surface area contributed by atoms with Gasteiger partial charge in [0.25, 0.3) is 5.91 Å². The van der Waals surface area contributed by atoms with E-state index in [-0.39, 0.29) is 18.2 Å². The minimum absolute atomic E-state index is 0.163. The number of aryl methyl sites for hydroxylation is 1. The van der Waals surface area contributed by atoms with Gasteiger partial charge < -0.3 is 5.32 Å². The summed E-state index contributed by atoms with van der Waals surface area (Å²) in [6, 6.07) is 14.7. The van der Waals surface area contributed by atoms with Crippen molar-refractivity contribution in [1.29, 1.82) is 0 Å². The number of benzene rings is 2. The molecule has 4 nitrogen and oxygen atoms in total. The van der Waals surface area contributed by atoms with Crippen LogP contribution < -0.4 is 10.2 Å². The summed E-state index contributed by atoms with van der Waals surface area (Å²) in [5.41, 5.74) is 2.85. The Morgan fingerprint density at radius 2 is 1.84 bits per heavy atom. The smallest absolute Gasteiger partial charge is 0.251 e. The van der Waals surface area contributed by atoms with Crippen molar-refractivity contribution in [3.8, 4) is 0 Å². The van der Waals surface area contributed by atoms with Gasteiger partial charge in [0.05, 0.1) is 18.2 Å². The highest BCUT2D eigenvalue weighted by atomic mass is 35.5. The molecule has 0 radical (unpaired) electrons. The van der Waals surface area contributed by atoms with E-state index in [0.29, 0.717) is 18.7 Å². The van der Waals surface area contributed by atoms with E-state index in [1.807, 2.05) is 48.5 Å². The average molecular weight is 357 g/mol. The van der Waals surface area contributed by atoms with E-state index in [4.69, 9.17) is 11.6 Å². The number of rotatable bonds is 6. The molecule has 1 atom stereocenters. The molecule has 1 N–H and O–H groups in total. The molecule has 0 aromatic heterocycles. The summed E-state index contributed by atoms with van der Waals surface area (Å²) >= 11 is 6.14. The van der Waals surface area contributed by atoms with Crippen LogP contribution in [0.25, 0.3) is 0 Å². The van der Waals surface area contributed by atoms with E-state index < -0.39 is 6.04 Å². The molecule has 1 heterocycles. The molecular weight excluding hydrogens is 336 g/mol. The van der Waals surface area contributed by atoms with Gasteiger partial charge in [-0.1, -0.05) is 48.9 Å². The number of imide groups is 1. The van der Waals surface area contributed by atoms with E-state index >= 15 is 0 Å². The molecule has 1 aliphatic heterocycles. The van der Waals surface area contributed by atoms with Crippen LogP contribution in [0, 0.1) is 0 Å². The molecule has 25 heavy (non-hydrogen) atoms. The summed E-state index contributed by atoms with van der Waals surface area (Å²) in [7, 11) is 0. The maximum absolute atomic E-state index is 12.6. The van der Waals surface area contributed by atoms with Crippen molar-refractivity contribution in [3.05, 3.63) is 64.7 Å². The van der Waals surface area contributed by atoms with E-state index in [2.05, 4.69) is 12.2 Å². The minimum Gasteiger partial charge on any atom is -0.305 e. The lowest BCUT2D eigenvalue weighted by Gasteiger charge is -2.16. The van der Waals surface area contributed by atoms with Gasteiger partial charge in [0, 0.05) is 5.02 Å². The fourth-order valence-electron chi connectivity index (χ4n) is 3.03. The second-order valence-corrected chi connectivity index (χ2v) is 6.55. The van der Waals surface area contributed by atoms with Gasteiger partial charge in [-0.15, -0.1) is 0 Å². The lowest BCUT2D eigenvalue weighted by Crippen LogP contribution is -2.39. The molecule has 0 aliphatic carbocycles. The van der Waals surface area contributed by atoms with Crippen molar-refractivity contribution in [2.45, 2.75) is 32.2 Å². The van der Waals surface area contributed by atoms with Crippen LogP contribution in [0.3, 0.4) is 0 Å². The number of carbonyl (C=O) groups is 2. The Kier molecular flexibility index (Phi) is 5.51. The highest BCUT2D eigenvalue weighted by Gasteiger charge is 2.39. The van der Waals surface area contributed by atoms with Crippen LogP contribution in [-0.2, 0) is 22.4 Å². The van der Waals surface area contributed by atoms with Crippen LogP contribution in [-0.4, -0.2) is 24.4 Å². The molecule has 2 amide bonds. The number of carbonyl (C=O) groups excluding carboxylic acids is 2. The Balaban J connectivity index is 1.61. The van der Waals surface area contributed by atoms with Gasteiger partial charge in [0.2, 0.25) is 5.91 Å². The SMILES string of the molecule is CCc1ccc(N2C(=O)C[C@H](NCCc3ccccc3Cl)C2=O)cc1. The Labute approximate surface area is 152 Å². The lowest BCUT2D eigenvalue weighted by molar-refractivity contribution is -0.121. The molecule has 3 rings (SSSR count). The average Bonchev–Trinajstić information content (AvgIpc) is 2.90. The standard InChI is InChI=1S/C20H21ClN2O2/c1-2-14-7-9-16(10-8-14)23-19(24)13-18(20(23)25)22-12-11-15-5-3-4-6-17(15)21/h3-10,18,22H,2,11-13H2,1H3/t18-/m0/s1. The summed E-state index contributed by atoms with van der Waals surface area (Å²) < 4.78 is 0. The van der Waals surface area contributed by atoms with Crippen molar-refractivity contribution >= 4 is 29.1 Å². The molecule has 0 unspecified atom stereocenters. The van der Waals surface area contributed by atoms with E-state index in [1.54, 1.807) is 0 Å². The maximum atomic E-state index is 12.6. The summed E-state index contributed by atoms with van der Waals surface area (Å²) in [5.74, 6) is -0.349. The topological polar surface area (TPSA) is 49.4 Å². The number of nitrogens with zero attached hydrogens (tertiary/aromatic N) is 1. The first-order valence-corrected chi connectivity index (χ1v) is 8.90. The summed E-state index contributed by atoms with van der Waals surface area (Å²) in [4.78, 5) is 26.2. The highest BCUT2D eigenvalue weighted by Crippen LogP contribution is 2.23. The van der Waals surface area contributed by atoms with Crippen molar-refractivity contribution in [1.82, 2.24) is 5.32 Å². The van der Waals surface area contributed by atoms with Crippen LogP contribution in [0.4, 0.5) is 5.69 Å². The zero-order chi connectivity index (χ0) is 17.8. The fourth-order valence-corrected chi connectivity index (χ4v) is 3.26. The number of hydrogen-bond acceptors (Lipinski definition) is 3. The number of nitrogens with one attached hydrogen (secondary N) is 1. The van der Waals surface area contributed by atoms with Gasteiger partial charge in [0.15, 0.2) is 0 Å². The van der Waals surface area contributed by atoms with Gasteiger partial charge in [0.1, 0.15) is 0 Å². The molecule has 1 aliphatic rings. The molecule has 1 fully saturated rings. The maximum Gasteiger partial charge on any atom is 0.251 e. The molecule has 2 aromatic rings. The third-order valence-electron chi connectivity index (χ3n) is 4.49. The Bertz CT molecular complexity index is 774. The van der Waals surface area contributed by atoms with Crippen molar-refractivity contribution in [2.75, 3.05) is 11.4 Å². The molecule has 1 saturated heterocycles. The molecule has 0 saturated carbocycles. The number of halogens is 1. The normalized spacial score (nSPS) is 17.4. The second-order valence-electron chi connectivity index (χ2n) is 6.14. The van der Waals surface area contributed by atoms with Gasteiger partial charge in [-0.25, -0.2) is 4.90 Å². The number of amides is 2. The summed E-state index contributed by atoms with van der Waals surface area (Å²) in [6.07, 6.45) is 1.83. The molecule has 2 aromatic carbocycles. The first kappa shape index (κ1) is 17.6. The van der Waals surface area contributed by atoms with Crippen LogP contribution in [0.2, 0.25) is 5.02 Å². The van der Waals surface area contributed by atoms with Gasteiger partial charge in [-0.3, -0.25) is 9.59 Å². The van der Waals surface area contributed by atoms with Crippen LogP contribution >= 0.6 is 11.6 Å².